The molecule has 0 spiro atoms. The molecule has 13 nitrogen and oxygen atoms in total. The molecule has 1 aromatic heterocycles. The lowest BCUT2D eigenvalue weighted by Gasteiger charge is -2.35. The molecule has 1 aliphatic rings. The maximum absolute atomic E-state index is 13.5. The fraction of sp³-hybridized carbons (Fsp3) is 0.462. The number of hydrogen-bond acceptors (Lipinski definition) is 8. The number of benzene rings is 1. The molecule has 3 N–H and O–H groups in total. The summed E-state index contributed by atoms with van der Waals surface area (Å²) in [6.45, 7) is 2.82. The number of carbonyl (C=O) groups excluding carboxylic acids is 2. The average Bonchev–Trinajstić information content (AvgIpc) is 2.95. The second-order valence-electron chi connectivity index (χ2n) is 9.23. The molecule has 1 saturated heterocycles. The van der Waals surface area contributed by atoms with Gasteiger partial charge in [-0.1, -0.05) is 30.3 Å². The quantitative estimate of drug-likeness (QED) is 0.318. The van der Waals surface area contributed by atoms with Crippen molar-refractivity contribution in [3.63, 3.8) is 0 Å². The Morgan fingerprint density at radius 2 is 1.77 bits per heavy atom. The van der Waals surface area contributed by atoms with E-state index in [9.17, 15) is 28.9 Å². The van der Waals surface area contributed by atoms with E-state index in [1.165, 1.54) is 9.80 Å². The van der Waals surface area contributed by atoms with Gasteiger partial charge >= 0.3 is 13.7 Å². The molecule has 3 amide bonds. The van der Waals surface area contributed by atoms with Gasteiger partial charge in [0.15, 0.2) is 0 Å². The van der Waals surface area contributed by atoms with Crippen LogP contribution in [0.15, 0.2) is 42.5 Å². The number of piperazine rings is 1. The van der Waals surface area contributed by atoms with Gasteiger partial charge in [-0.15, -0.1) is 0 Å². The first-order chi connectivity index (χ1) is 19.0. The number of carbonyl (C=O) groups is 3. The van der Waals surface area contributed by atoms with Crippen LogP contribution in [-0.2, 0) is 18.6 Å². The molecule has 0 saturated carbocycles. The van der Waals surface area contributed by atoms with E-state index in [0.29, 0.717) is 24.5 Å². The van der Waals surface area contributed by atoms with Crippen LogP contribution in [0.5, 0.6) is 0 Å². The van der Waals surface area contributed by atoms with E-state index in [2.05, 4.69) is 10.3 Å². The van der Waals surface area contributed by atoms with Gasteiger partial charge in [0.05, 0.1) is 25.1 Å². The summed E-state index contributed by atoms with van der Waals surface area (Å²) >= 11 is 0. The number of aromatic nitrogens is 1. The van der Waals surface area contributed by atoms with Gasteiger partial charge in [-0.3, -0.25) is 14.2 Å². The van der Waals surface area contributed by atoms with Crippen LogP contribution in [0.2, 0.25) is 0 Å². The van der Waals surface area contributed by atoms with E-state index >= 15 is 0 Å². The molecule has 0 radical (unpaired) electrons. The lowest BCUT2D eigenvalue weighted by Crippen LogP contribution is -2.56. The van der Waals surface area contributed by atoms with Crippen LogP contribution in [0.3, 0.4) is 0 Å². The van der Waals surface area contributed by atoms with Crippen molar-refractivity contribution >= 4 is 31.2 Å². The Labute approximate surface area is 233 Å². The van der Waals surface area contributed by atoms with E-state index in [1.807, 2.05) is 48.3 Å². The van der Waals surface area contributed by atoms with E-state index in [1.54, 1.807) is 20.1 Å². The molecule has 14 heteroatoms. The number of nitrogens with zero attached hydrogens (tertiary/aromatic N) is 4. The lowest BCUT2D eigenvalue weighted by molar-refractivity contribution is -0.134. The van der Waals surface area contributed by atoms with E-state index in [-0.39, 0.29) is 38.5 Å². The zero-order valence-electron chi connectivity index (χ0n) is 22.9. The molecule has 2 atom stereocenters. The highest BCUT2D eigenvalue weighted by Crippen LogP contribution is 2.42. The number of ether oxygens (including phenoxy) is 1. The third-order valence-electron chi connectivity index (χ3n) is 6.39. The van der Waals surface area contributed by atoms with Crippen molar-refractivity contribution in [1.82, 2.24) is 20.1 Å². The number of amides is 3. The average molecular weight is 578 g/mol. The summed E-state index contributed by atoms with van der Waals surface area (Å²) < 4.78 is 22.8. The normalized spacial score (nSPS) is 15.7. The molecule has 40 heavy (non-hydrogen) atoms. The third-order valence-corrected chi connectivity index (χ3v) is 7.88. The summed E-state index contributed by atoms with van der Waals surface area (Å²) in [4.78, 5) is 57.5. The van der Waals surface area contributed by atoms with Gasteiger partial charge in [0.25, 0.3) is 5.91 Å². The van der Waals surface area contributed by atoms with Crippen molar-refractivity contribution in [3.05, 3.63) is 48.2 Å². The van der Waals surface area contributed by atoms with Crippen LogP contribution in [0, 0.1) is 0 Å². The molecule has 1 unspecified atom stereocenters. The summed E-state index contributed by atoms with van der Waals surface area (Å²) in [7, 11) is -0.796. The largest absolute Gasteiger partial charge is 0.465 e. The van der Waals surface area contributed by atoms with E-state index in [0.717, 1.165) is 5.56 Å². The SMILES string of the molecule is CCOP(=O)(O)C[C@H](NC(=O)c1cc(N(C)CCOC)cc(-c2ccccc2)n1)C(=O)N1CCN(C(=O)O)CC1. The van der Waals surface area contributed by atoms with Gasteiger partial charge in [-0.05, 0) is 19.1 Å². The molecular weight excluding hydrogens is 541 g/mol. The third kappa shape index (κ3) is 8.49. The standard InChI is InChI=1S/C26H36N5O8P/c1-4-39-40(36,37)18-23(25(33)30-10-12-31(13-11-30)26(34)35)28-24(32)22-17-20(29(2)14-15-38-3)16-21(27-22)19-8-6-5-7-9-19/h5-9,16-17,23H,4,10-15,18H2,1-3H3,(H,28,32)(H,34,35)(H,36,37)/t23-/m0/s1. The summed E-state index contributed by atoms with van der Waals surface area (Å²) in [6.07, 6.45) is -1.74. The Balaban J connectivity index is 1.91. The minimum Gasteiger partial charge on any atom is -0.465 e. The van der Waals surface area contributed by atoms with Crippen molar-refractivity contribution in [2.75, 3.05) is 71.2 Å². The molecule has 218 valence electrons. The number of methoxy groups -OCH3 is 1. The van der Waals surface area contributed by atoms with Crippen LogP contribution in [0.1, 0.15) is 17.4 Å². The molecule has 2 aromatic rings. The summed E-state index contributed by atoms with van der Waals surface area (Å²) in [6, 6.07) is 11.3. The van der Waals surface area contributed by atoms with Gasteiger partial charge in [-0.2, -0.15) is 0 Å². The van der Waals surface area contributed by atoms with Gasteiger partial charge < -0.3 is 39.3 Å². The number of anilines is 1. The van der Waals surface area contributed by atoms with Crippen molar-refractivity contribution in [2.24, 2.45) is 0 Å². The van der Waals surface area contributed by atoms with Crippen LogP contribution in [-0.4, -0.2) is 115 Å². The Hall–Kier alpha value is -3.51. The van der Waals surface area contributed by atoms with E-state index in [4.69, 9.17) is 9.26 Å². The maximum atomic E-state index is 13.5. The number of rotatable bonds is 12. The second kappa shape index (κ2) is 14.2. The first-order valence-corrected chi connectivity index (χ1v) is 14.6. The van der Waals surface area contributed by atoms with Crippen LogP contribution in [0.25, 0.3) is 11.3 Å². The van der Waals surface area contributed by atoms with Crippen molar-refractivity contribution in [3.8, 4) is 11.3 Å². The van der Waals surface area contributed by atoms with Crippen LogP contribution >= 0.6 is 7.60 Å². The highest BCUT2D eigenvalue weighted by atomic mass is 31.2. The van der Waals surface area contributed by atoms with Crippen molar-refractivity contribution < 1.29 is 38.2 Å². The summed E-state index contributed by atoms with van der Waals surface area (Å²) in [5, 5.41) is 11.8. The molecule has 0 aliphatic carbocycles. The predicted octanol–water partition coefficient (Wildman–Crippen LogP) is 1.97. The van der Waals surface area contributed by atoms with E-state index < -0.39 is 37.7 Å². The predicted molar refractivity (Wildman–Crippen MR) is 149 cm³/mol. The van der Waals surface area contributed by atoms with Gasteiger partial charge in [0, 0.05) is 58.1 Å². The number of nitrogens with one attached hydrogen (secondary N) is 1. The lowest BCUT2D eigenvalue weighted by atomic mass is 10.1. The molecule has 1 aliphatic heterocycles. The molecule has 1 fully saturated rings. The van der Waals surface area contributed by atoms with Crippen LogP contribution < -0.4 is 10.2 Å². The fourth-order valence-corrected chi connectivity index (χ4v) is 5.43. The molecular formula is C26H36N5O8P. The minimum atomic E-state index is -4.23. The maximum Gasteiger partial charge on any atom is 0.407 e. The first-order valence-electron chi connectivity index (χ1n) is 12.9. The zero-order chi connectivity index (χ0) is 29.3. The Morgan fingerprint density at radius 1 is 1.12 bits per heavy atom. The minimum absolute atomic E-state index is 0.0123. The fourth-order valence-electron chi connectivity index (χ4n) is 4.21. The topological polar surface area (TPSA) is 162 Å². The number of pyridine rings is 1. The number of carboxylic acid groups (broad SMARTS) is 1. The molecule has 0 bridgehead atoms. The second-order valence-corrected chi connectivity index (χ2v) is 11.1. The molecule has 1 aromatic carbocycles. The monoisotopic (exact) mass is 577 g/mol. The molecule has 3 rings (SSSR count). The highest BCUT2D eigenvalue weighted by molar-refractivity contribution is 7.52. The molecule has 2 heterocycles. The van der Waals surface area contributed by atoms with Crippen molar-refractivity contribution in [2.45, 2.75) is 13.0 Å². The van der Waals surface area contributed by atoms with Gasteiger partial charge in [-0.25, -0.2) is 9.78 Å². The Bertz CT molecular complexity index is 1220. The van der Waals surface area contributed by atoms with Crippen molar-refractivity contribution in [1.29, 1.82) is 0 Å². The first kappa shape index (κ1) is 31.0. The summed E-state index contributed by atoms with van der Waals surface area (Å²) in [5.74, 6) is -1.32. The Kier molecular flexibility index (Phi) is 11.0. The number of hydrogen-bond donors (Lipinski definition) is 3. The smallest absolute Gasteiger partial charge is 0.407 e. The zero-order valence-corrected chi connectivity index (χ0v) is 23.8. The van der Waals surface area contributed by atoms with Gasteiger partial charge in [0.2, 0.25) is 5.91 Å². The van der Waals surface area contributed by atoms with Crippen LogP contribution in [0.4, 0.5) is 10.5 Å². The summed E-state index contributed by atoms with van der Waals surface area (Å²) in [5.41, 5.74) is 2.00. The Morgan fingerprint density at radius 3 is 2.38 bits per heavy atom. The number of likely N-dealkylation sites (N-methyl/N-ethyl adjacent to an activating group) is 1. The highest BCUT2D eigenvalue weighted by Gasteiger charge is 2.36. The van der Waals surface area contributed by atoms with Gasteiger partial charge in [0.1, 0.15) is 11.7 Å².